The first kappa shape index (κ1) is 18.5. The summed E-state index contributed by atoms with van der Waals surface area (Å²) in [7, 11) is 0. The molecule has 0 atom stereocenters. The molecule has 4 nitrogen and oxygen atoms in total. The number of hydrogen-bond acceptors (Lipinski definition) is 4. The van der Waals surface area contributed by atoms with Crippen LogP contribution in [0.25, 0.3) is 0 Å². The van der Waals surface area contributed by atoms with Crippen LogP contribution in [0.3, 0.4) is 0 Å². The number of alkyl halides is 3. The number of benzene rings is 1. The number of para-hydroxylation sites is 1. The van der Waals surface area contributed by atoms with Crippen molar-refractivity contribution < 1.29 is 17.9 Å². The van der Waals surface area contributed by atoms with E-state index in [-0.39, 0.29) is 12.1 Å². The third-order valence-electron chi connectivity index (χ3n) is 4.53. The Morgan fingerprint density at radius 1 is 1.15 bits per heavy atom. The number of aromatic nitrogens is 2. The van der Waals surface area contributed by atoms with E-state index in [4.69, 9.17) is 4.74 Å². The van der Waals surface area contributed by atoms with E-state index in [1.54, 1.807) is 0 Å². The van der Waals surface area contributed by atoms with E-state index in [9.17, 15) is 13.2 Å². The van der Waals surface area contributed by atoms with Crippen molar-refractivity contribution in [2.24, 2.45) is 0 Å². The summed E-state index contributed by atoms with van der Waals surface area (Å²) in [5, 5.41) is 3.01. The average Bonchev–Trinajstić information content (AvgIpc) is 2.62. The summed E-state index contributed by atoms with van der Waals surface area (Å²) in [5.41, 5.74) is 0.876. The van der Waals surface area contributed by atoms with E-state index in [1.807, 2.05) is 31.2 Å². The second-order valence-electron chi connectivity index (χ2n) is 6.42. The molecule has 0 unspecified atom stereocenters. The number of aryl methyl sites for hydroxylation is 1. The fourth-order valence-electron chi connectivity index (χ4n) is 3.12. The van der Waals surface area contributed by atoms with Gasteiger partial charge < -0.3 is 10.1 Å². The molecule has 1 saturated carbocycles. The highest BCUT2D eigenvalue weighted by atomic mass is 19.4. The second-order valence-corrected chi connectivity index (χ2v) is 6.42. The third kappa shape index (κ3) is 4.45. The molecular formula is C19H22F3N3O. The molecule has 1 heterocycles. The molecular weight excluding hydrogens is 343 g/mol. The zero-order valence-corrected chi connectivity index (χ0v) is 14.6. The van der Waals surface area contributed by atoms with Gasteiger partial charge in [0.15, 0.2) is 0 Å². The van der Waals surface area contributed by atoms with Gasteiger partial charge >= 0.3 is 6.18 Å². The summed E-state index contributed by atoms with van der Waals surface area (Å²) in [4.78, 5) is 7.89. The smallest absolute Gasteiger partial charge is 0.423 e. The van der Waals surface area contributed by atoms with E-state index in [0.717, 1.165) is 56.0 Å². The molecule has 0 spiro atoms. The monoisotopic (exact) mass is 365 g/mol. The van der Waals surface area contributed by atoms with E-state index in [1.165, 1.54) is 0 Å². The second kappa shape index (κ2) is 7.93. The summed E-state index contributed by atoms with van der Waals surface area (Å²) >= 11 is 0. The molecule has 0 aliphatic heterocycles. The first-order valence-electron chi connectivity index (χ1n) is 8.93. The van der Waals surface area contributed by atoms with Gasteiger partial charge in [-0.15, -0.1) is 0 Å². The number of nitrogens with one attached hydrogen (secondary N) is 1. The van der Waals surface area contributed by atoms with Crippen molar-refractivity contribution in [1.29, 1.82) is 0 Å². The van der Waals surface area contributed by atoms with Crippen LogP contribution in [0.5, 0.6) is 5.88 Å². The molecule has 1 aromatic carbocycles. The van der Waals surface area contributed by atoms with Crippen LogP contribution in [0.2, 0.25) is 0 Å². The van der Waals surface area contributed by atoms with Gasteiger partial charge in [0.1, 0.15) is 11.7 Å². The minimum Gasteiger partial charge on any atom is -0.474 e. The zero-order chi connectivity index (χ0) is 18.6. The third-order valence-corrected chi connectivity index (χ3v) is 4.53. The predicted octanol–water partition coefficient (Wildman–Crippen LogP) is 5.51. The molecule has 0 amide bonds. The summed E-state index contributed by atoms with van der Waals surface area (Å²) in [6.45, 7) is 2.01. The number of ether oxygens (including phenoxy) is 1. The number of hydrogen-bond donors (Lipinski definition) is 1. The lowest BCUT2D eigenvalue weighted by atomic mass is 9.98. The van der Waals surface area contributed by atoms with Crippen LogP contribution in [0.15, 0.2) is 30.5 Å². The van der Waals surface area contributed by atoms with E-state index < -0.39 is 17.6 Å². The predicted molar refractivity (Wildman–Crippen MR) is 93.6 cm³/mol. The summed E-state index contributed by atoms with van der Waals surface area (Å²) in [6.07, 6.45) is 1.33. The Kier molecular flexibility index (Phi) is 5.64. The van der Waals surface area contributed by atoms with Crippen molar-refractivity contribution in [2.75, 3.05) is 5.32 Å². The van der Waals surface area contributed by atoms with Crippen LogP contribution < -0.4 is 10.1 Å². The Morgan fingerprint density at radius 3 is 2.58 bits per heavy atom. The highest BCUT2D eigenvalue weighted by Gasteiger charge is 2.37. The first-order valence-corrected chi connectivity index (χ1v) is 8.93. The minimum absolute atomic E-state index is 0.102. The van der Waals surface area contributed by atoms with Crippen molar-refractivity contribution in [3.05, 3.63) is 41.6 Å². The lowest BCUT2D eigenvalue weighted by Gasteiger charge is -2.24. The molecule has 1 aromatic heterocycles. The fraction of sp³-hybridized carbons (Fsp3) is 0.474. The normalized spacial score (nSPS) is 15.7. The van der Waals surface area contributed by atoms with E-state index in [2.05, 4.69) is 15.3 Å². The Labute approximate surface area is 150 Å². The Morgan fingerprint density at radius 2 is 1.88 bits per heavy atom. The van der Waals surface area contributed by atoms with Crippen LogP contribution in [-0.4, -0.2) is 16.1 Å². The fourth-order valence-corrected chi connectivity index (χ4v) is 3.12. The molecule has 0 bridgehead atoms. The molecule has 1 aliphatic rings. The molecule has 140 valence electrons. The molecule has 1 fully saturated rings. The van der Waals surface area contributed by atoms with Gasteiger partial charge in [-0.2, -0.15) is 18.2 Å². The lowest BCUT2D eigenvalue weighted by molar-refractivity contribution is -0.140. The molecule has 0 saturated heterocycles. The summed E-state index contributed by atoms with van der Waals surface area (Å²) in [5.74, 6) is -0.291. The van der Waals surface area contributed by atoms with E-state index >= 15 is 0 Å². The highest BCUT2D eigenvalue weighted by Crippen LogP contribution is 2.37. The Hall–Kier alpha value is -2.31. The van der Waals surface area contributed by atoms with Crippen LogP contribution >= 0.6 is 0 Å². The molecule has 7 heteroatoms. The Bertz CT molecular complexity index is 743. The molecule has 26 heavy (non-hydrogen) atoms. The first-order chi connectivity index (χ1) is 12.5. The van der Waals surface area contributed by atoms with Gasteiger partial charge in [-0.3, -0.25) is 0 Å². The number of nitrogens with zero attached hydrogens (tertiary/aromatic N) is 2. The largest absolute Gasteiger partial charge is 0.474 e. The van der Waals surface area contributed by atoms with Crippen molar-refractivity contribution in [1.82, 2.24) is 9.97 Å². The zero-order valence-electron chi connectivity index (χ0n) is 14.6. The van der Waals surface area contributed by atoms with Crippen molar-refractivity contribution in [3.63, 3.8) is 0 Å². The Balaban J connectivity index is 1.88. The van der Waals surface area contributed by atoms with Crippen molar-refractivity contribution in [2.45, 2.75) is 57.7 Å². The maximum absolute atomic E-state index is 13.3. The van der Waals surface area contributed by atoms with Gasteiger partial charge in [0.25, 0.3) is 0 Å². The molecule has 1 aliphatic carbocycles. The van der Waals surface area contributed by atoms with Gasteiger partial charge in [0, 0.05) is 11.9 Å². The van der Waals surface area contributed by atoms with Gasteiger partial charge in [0.2, 0.25) is 11.8 Å². The lowest BCUT2D eigenvalue weighted by Crippen LogP contribution is -2.22. The van der Waals surface area contributed by atoms with E-state index in [0.29, 0.717) is 0 Å². The van der Waals surface area contributed by atoms with Crippen molar-refractivity contribution in [3.8, 4) is 5.88 Å². The van der Waals surface area contributed by atoms with Crippen molar-refractivity contribution >= 4 is 11.6 Å². The minimum atomic E-state index is -4.55. The SMILES string of the molecule is CCc1ccccc1Nc1ncc(C(F)(F)F)c(OC2CCCCC2)n1. The van der Waals surface area contributed by atoms with Crippen LogP contribution in [0.1, 0.15) is 50.2 Å². The quantitative estimate of drug-likeness (QED) is 0.759. The van der Waals surface area contributed by atoms with Crippen LogP contribution in [0.4, 0.5) is 24.8 Å². The maximum Gasteiger partial charge on any atom is 0.423 e. The molecule has 1 N–H and O–H groups in total. The van der Waals surface area contributed by atoms with Crippen LogP contribution in [0, 0.1) is 0 Å². The van der Waals surface area contributed by atoms with Gasteiger partial charge in [-0.05, 0) is 43.7 Å². The summed E-state index contributed by atoms with van der Waals surface area (Å²) < 4.78 is 45.5. The number of rotatable bonds is 5. The standard InChI is InChI=1S/C19H22F3N3O/c1-2-13-8-6-7-11-16(13)24-18-23-12-15(19(20,21)22)17(25-18)26-14-9-4-3-5-10-14/h6-8,11-12,14H,2-5,9-10H2,1H3,(H,23,24,25). The molecule has 0 radical (unpaired) electrons. The van der Waals surface area contributed by atoms with Crippen LogP contribution in [-0.2, 0) is 12.6 Å². The number of anilines is 2. The molecule has 3 rings (SSSR count). The van der Waals surface area contributed by atoms with Gasteiger partial charge in [-0.1, -0.05) is 31.5 Å². The summed E-state index contributed by atoms with van der Waals surface area (Å²) in [6, 6.07) is 7.56. The topological polar surface area (TPSA) is 47.0 Å². The average molecular weight is 365 g/mol. The molecule has 2 aromatic rings. The number of halogens is 3. The highest BCUT2D eigenvalue weighted by molar-refractivity contribution is 5.58. The maximum atomic E-state index is 13.3. The van der Waals surface area contributed by atoms with Gasteiger partial charge in [-0.25, -0.2) is 4.98 Å². The van der Waals surface area contributed by atoms with Gasteiger partial charge in [0.05, 0.1) is 0 Å².